The number of hydrogen-bond donors (Lipinski definition) is 0. The number of halogens is 6. The third-order valence-corrected chi connectivity index (χ3v) is 2.42. The Kier molecular flexibility index (Phi) is 3.41. The number of rotatable bonds is 1. The van der Waals surface area contributed by atoms with E-state index in [1.165, 1.54) is 6.07 Å². The second-order valence-corrected chi connectivity index (χ2v) is 3.81. The van der Waals surface area contributed by atoms with Gasteiger partial charge in [-0.1, -0.05) is 18.2 Å². The molecule has 0 aliphatic rings. The summed E-state index contributed by atoms with van der Waals surface area (Å²) in [7, 11) is 0. The molecule has 0 atom stereocenters. The van der Waals surface area contributed by atoms with Crippen LogP contribution in [0.5, 0.6) is 0 Å². The Bertz CT molecular complexity index is 618. The first-order valence-corrected chi connectivity index (χ1v) is 5.26. The molecule has 0 spiro atoms. The lowest BCUT2D eigenvalue weighted by Gasteiger charge is -2.12. The van der Waals surface area contributed by atoms with Crippen LogP contribution in [-0.2, 0) is 12.4 Å². The standard InChI is InChI=1S/C12H6F6N2/c13-11(14,15)8-4-2-1-3-7(8)10-19-6-5-9(20-10)12(16,17)18/h1-6H. The quantitative estimate of drug-likeness (QED) is 0.737. The number of alkyl halides is 6. The molecule has 106 valence electrons. The molecule has 0 saturated carbocycles. The summed E-state index contributed by atoms with van der Waals surface area (Å²) in [5, 5.41) is 0. The van der Waals surface area contributed by atoms with Crippen molar-refractivity contribution < 1.29 is 26.3 Å². The van der Waals surface area contributed by atoms with E-state index in [0.29, 0.717) is 6.07 Å². The topological polar surface area (TPSA) is 25.8 Å². The molecule has 0 saturated heterocycles. The minimum absolute atomic E-state index is 0.494. The van der Waals surface area contributed by atoms with Gasteiger partial charge in [-0.05, 0) is 12.1 Å². The van der Waals surface area contributed by atoms with Gasteiger partial charge in [-0.2, -0.15) is 26.3 Å². The molecule has 0 N–H and O–H groups in total. The maximum absolute atomic E-state index is 12.8. The van der Waals surface area contributed by atoms with Crippen molar-refractivity contribution in [3.63, 3.8) is 0 Å². The Morgan fingerprint density at radius 1 is 0.800 bits per heavy atom. The van der Waals surface area contributed by atoms with E-state index in [1.807, 2.05) is 0 Å². The largest absolute Gasteiger partial charge is 0.433 e. The summed E-state index contributed by atoms with van der Waals surface area (Å²) in [5.74, 6) is -0.618. The van der Waals surface area contributed by atoms with Gasteiger partial charge in [0.1, 0.15) is 5.69 Å². The second kappa shape index (κ2) is 4.77. The molecule has 1 heterocycles. The molecule has 0 unspecified atom stereocenters. The van der Waals surface area contributed by atoms with Crippen molar-refractivity contribution in [1.29, 1.82) is 0 Å². The molecule has 1 aromatic heterocycles. The lowest BCUT2D eigenvalue weighted by molar-refractivity contribution is -0.141. The van der Waals surface area contributed by atoms with Gasteiger partial charge in [-0.25, -0.2) is 9.97 Å². The van der Waals surface area contributed by atoms with Gasteiger partial charge in [-0.15, -0.1) is 0 Å². The van der Waals surface area contributed by atoms with Gasteiger partial charge in [0.15, 0.2) is 5.82 Å². The van der Waals surface area contributed by atoms with Crippen LogP contribution >= 0.6 is 0 Å². The number of hydrogen-bond acceptors (Lipinski definition) is 2. The number of nitrogens with zero attached hydrogens (tertiary/aromatic N) is 2. The van der Waals surface area contributed by atoms with Gasteiger partial charge in [0.2, 0.25) is 0 Å². The summed E-state index contributed by atoms with van der Waals surface area (Å²) < 4.78 is 75.9. The minimum Gasteiger partial charge on any atom is -0.237 e. The molecule has 0 aliphatic carbocycles. The molecule has 2 rings (SSSR count). The van der Waals surface area contributed by atoms with Crippen molar-refractivity contribution in [3.8, 4) is 11.4 Å². The summed E-state index contributed by atoms with van der Waals surface area (Å²) in [4.78, 5) is 6.64. The normalized spacial score (nSPS) is 12.5. The van der Waals surface area contributed by atoms with Crippen molar-refractivity contribution in [2.75, 3.05) is 0 Å². The predicted octanol–water partition coefficient (Wildman–Crippen LogP) is 4.18. The maximum atomic E-state index is 12.8. The highest BCUT2D eigenvalue weighted by Crippen LogP contribution is 2.36. The highest BCUT2D eigenvalue weighted by molar-refractivity contribution is 5.61. The third-order valence-electron chi connectivity index (χ3n) is 2.42. The van der Waals surface area contributed by atoms with Crippen LogP contribution in [0.3, 0.4) is 0 Å². The lowest BCUT2D eigenvalue weighted by atomic mass is 10.1. The predicted molar refractivity (Wildman–Crippen MR) is 57.5 cm³/mol. The van der Waals surface area contributed by atoms with Crippen LogP contribution in [0.1, 0.15) is 11.3 Å². The zero-order chi connectivity index (χ0) is 15.0. The van der Waals surface area contributed by atoms with Crippen molar-refractivity contribution >= 4 is 0 Å². The molecule has 8 heteroatoms. The molecule has 0 fully saturated rings. The molecule has 0 amide bonds. The van der Waals surface area contributed by atoms with Crippen LogP contribution in [0.4, 0.5) is 26.3 Å². The van der Waals surface area contributed by atoms with Crippen molar-refractivity contribution in [2.45, 2.75) is 12.4 Å². The summed E-state index contributed by atoms with van der Waals surface area (Å²) in [6, 6.07) is 4.80. The number of benzene rings is 1. The van der Waals surface area contributed by atoms with Crippen molar-refractivity contribution in [3.05, 3.63) is 47.8 Å². The lowest BCUT2D eigenvalue weighted by Crippen LogP contribution is -2.11. The fraction of sp³-hybridized carbons (Fsp3) is 0.167. The Balaban J connectivity index is 2.59. The number of aromatic nitrogens is 2. The van der Waals surface area contributed by atoms with Gasteiger partial charge in [-0.3, -0.25) is 0 Å². The zero-order valence-corrected chi connectivity index (χ0v) is 9.63. The van der Waals surface area contributed by atoms with Crippen LogP contribution in [0, 0.1) is 0 Å². The first-order chi connectivity index (χ1) is 9.19. The van der Waals surface area contributed by atoms with E-state index < -0.39 is 35.0 Å². The molecule has 0 radical (unpaired) electrons. The van der Waals surface area contributed by atoms with Crippen molar-refractivity contribution in [1.82, 2.24) is 9.97 Å². The third kappa shape index (κ3) is 2.89. The molecule has 1 aromatic carbocycles. The molecule has 0 bridgehead atoms. The van der Waals surface area contributed by atoms with E-state index in [-0.39, 0.29) is 0 Å². The molecular formula is C12H6F6N2. The fourth-order valence-electron chi connectivity index (χ4n) is 1.57. The first kappa shape index (κ1) is 14.3. The molecular weight excluding hydrogens is 286 g/mol. The zero-order valence-electron chi connectivity index (χ0n) is 9.63. The van der Waals surface area contributed by atoms with Gasteiger partial charge < -0.3 is 0 Å². The average Bonchev–Trinajstić information content (AvgIpc) is 2.37. The van der Waals surface area contributed by atoms with E-state index in [4.69, 9.17) is 0 Å². The fourth-order valence-corrected chi connectivity index (χ4v) is 1.57. The Morgan fingerprint density at radius 3 is 2.05 bits per heavy atom. The highest BCUT2D eigenvalue weighted by atomic mass is 19.4. The maximum Gasteiger partial charge on any atom is 0.433 e. The van der Waals surface area contributed by atoms with E-state index in [2.05, 4.69) is 9.97 Å². The van der Waals surface area contributed by atoms with Gasteiger partial charge >= 0.3 is 12.4 Å². The summed E-state index contributed by atoms with van der Waals surface area (Å²) in [6.45, 7) is 0. The second-order valence-electron chi connectivity index (χ2n) is 3.81. The molecule has 20 heavy (non-hydrogen) atoms. The Labute approximate surface area is 109 Å². The van der Waals surface area contributed by atoms with Crippen LogP contribution in [0.25, 0.3) is 11.4 Å². The Hall–Kier alpha value is -2.12. The summed E-state index contributed by atoms with van der Waals surface area (Å²) >= 11 is 0. The Morgan fingerprint density at radius 2 is 1.45 bits per heavy atom. The van der Waals surface area contributed by atoms with E-state index in [0.717, 1.165) is 24.4 Å². The molecule has 0 aliphatic heterocycles. The van der Waals surface area contributed by atoms with Crippen molar-refractivity contribution in [2.24, 2.45) is 0 Å². The summed E-state index contributed by atoms with van der Waals surface area (Å²) in [5.41, 5.74) is -2.87. The van der Waals surface area contributed by atoms with E-state index in [1.54, 1.807) is 0 Å². The van der Waals surface area contributed by atoms with Gasteiger partial charge in [0.25, 0.3) is 0 Å². The minimum atomic E-state index is -4.75. The molecule has 2 nitrogen and oxygen atoms in total. The smallest absolute Gasteiger partial charge is 0.237 e. The molecule has 2 aromatic rings. The van der Waals surface area contributed by atoms with Crippen LogP contribution < -0.4 is 0 Å². The van der Waals surface area contributed by atoms with Crippen LogP contribution in [0.15, 0.2) is 36.5 Å². The average molecular weight is 292 g/mol. The first-order valence-electron chi connectivity index (χ1n) is 5.26. The highest BCUT2D eigenvalue weighted by Gasteiger charge is 2.36. The van der Waals surface area contributed by atoms with Crippen LogP contribution in [-0.4, -0.2) is 9.97 Å². The summed E-state index contributed by atoms with van der Waals surface area (Å²) in [6.07, 6.45) is -8.67. The van der Waals surface area contributed by atoms with Gasteiger partial charge in [0, 0.05) is 11.8 Å². The van der Waals surface area contributed by atoms with E-state index >= 15 is 0 Å². The monoisotopic (exact) mass is 292 g/mol. The van der Waals surface area contributed by atoms with E-state index in [9.17, 15) is 26.3 Å². The van der Waals surface area contributed by atoms with Gasteiger partial charge in [0.05, 0.1) is 5.56 Å². The SMILES string of the molecule is FC(F)(F)c1ccnc(-c2ccccc2C(F)(F)F)n1. The van der Waals surface area contributed by atoms with Crippen LogP contribution in [0.2, 0.25) is 0 Å².